The molecule has 3 saturated heterocycles. The summed E-state index contributed by atoms with van der Waals surface area (Å²) in [5.41, 5.74) is 0. The fourth-order valence-electron chi connectivity index (χ4n) is 5.68. The number of piperidine rings is 3. The summed E-state index contributed by atoms with van der Waals surface area (Å²) < 4.78 is 68.7. The summed E-state index contributed by atoms with van der Waals surface area (Å²) in [6.45, 7) is 3.71. The number of nitrogens with zero attached hydrogens (tertiary/aromatic N) is 2. The number of rotatable bonds is 8. The average molecular weight is 550 g/mol. The van der Waals surface area contributed by atoms with Crippen LogP contribution in [0.2, 0.25) is 0 Å². The van der Waals surface area contributed by atoms with Crippen LogP contribution in [0.15, 0.2) is 0 Å². The first-order valence-electron chi connectivity index (χ1n) is 12.7. The van der Waals surface area contributed by atoms with Gasteiger partial charge in [0.2, 0.25) is 17.7 Å². The van der Waals surface area contributed by atoms with Gasteiger partial charge in [-0.3, -0.25) is 19.2 Å². The molecule has 9 nitrogen and oxygen atoms in total. The van der Waals surface area contributed by atoms with Crippen LogP contribution in [0, 0.1) is 29.1 Å². The third-order valence-corrected chi connectivity index (χ3v) is 7.42. The van der Waals surface area contributed by atoms with Gasteiger partial charge < -0.3 is 20.9 Å². The smallest absolute Gasteiger partial charge is 0.356 e. The van der Waals surface area contributed by atoms with E-state index >= 15 is 0 Å². The highest BCUT2D eigenvalue weighted by molar-refractivity contribution is 5.94. The Labute approximate surface area is 216 Å². The number of amides is 4. The minimum absolute atomic E-state index is 0.0587. The number of nitrogens with one attached hydrogen (secondary N) is 3. The summed E-state index contributed by atoms with van der Waals surface area (Å²) in [6, 6.07) is -3.93. The molecule has 14 heteroatoms. The lowest BCUT2D eigenvalue weighted by atomic mass is 9.71. The van der Waals surface area contributed by atoms with Crippen molar-refractivity contribution in [3.63, 3.8) is 0 Å². The van der Waals surface area contributed by atoms with Crippen molar-refractivity contribution in [3.05, 3.63) is 0 Å². The van der Waals surface area contributed by atoms with Crippen molar-refractivity contribution in [3.8, 4) is 6.07 Å². The van der Waals surface area contributed by atoms with Gasteiger partial charge in [-0.2, -0.15) is 18.4 Å². The van der Waals surface area contributed by atoms with E-state index in [0.717, 1.165) is 4.90 Å². The van der Waals surface area contributed by atoms with Crippen molar-refractivity contribution >= 4 is 23.6 Å². The Hall–Kier alpha value is -2.98. The molecule has 1 saturated carbocycles. The molecule has 0 aromatic heterocycles. The quantitative estimate of drug-likeness (QED) is 0.399. The first-order chi connectivity index (χ1) is 17.7. The number of hydrogen-bond acceptors (Lipinski definition) is 5. The Balaban J connectivity index is 1.87. The molecule has 3 aliphatic heterocycles. The zero-order valence-electron chi connectivity index (χ0n) is 21.1. The van der Waals surface area contributed by atoms with Gasteiger partial charge in [0.1, 0.15) is 18.1 Å². The lowest BCUT2D eigenvalue weighted by Crippen LogP contribution is -2.71. The molecule has 4 rings (SSSR count). The van der Waals surface area contributed by atoms with E-state index in [4.69, 9.17) is 0 Å². The molecule has 0 aromatic carbocycles. The lowest BCUT2D eigenvalue weighted by Gasteiger charge is -2.54. The van der Waals surface area contributed by atoms with Crippen molar-refractivity contribution in [2.45, 2.75) is 95.1 Å². The van der Waals surface area contributed by atoms with Crippen LogP contribution in [-0.4, -0.2) is 71.3 Å². The first kappa shape index (κ1) is 29.6. The summed E-state index contributed by atoms with van der Waals surface area (Å²) in [7, 11) is 0. The summed E-state index contributed by atoms with van der Waals surface area (Å²) in [5, 5.41) is 16.3. The van der Waals surface area contributed by atoms with Crippen LogP contribution >= 0.6 is 0 Å². The molecule has 0 unspecified atom stereocenters. The van der Waals surface area contributed by atoms with Crippen LogP contribution in [-0.2, 0) is 19.2 Å². The van der Waals surface area contributed by atoms with E-state index in [9.17, 15) is 46.4 Å². The Morgan fingerprint density at radius 2 is 1.87 bits per heavy atom. The minimum atomic E-state index is -5.27. The molecule has 3 heterocycles. The first-order valence-corrected chi connectivity index (χ1v) is 12.7. The highest BCUT2D eigenvalue weighted by atomic mass is 19.4. The van der Waals surface area contributed by atoms with Gasteiger partial charge in [-0.25, -0.2) is 8.78 Å². The molecule has 0 spiro atoms. The van der Waals surface area contributed by atoms with Gasteiger partial charge in [-0.05, 0) is 44.4 Å². The SMILES string of the molecule is CC(C)C[C@H](NC(=O)C(F)(F)F)C(=O)N1[C@H]2CC[C@@H]([C@@H]1C(=O)N[C@H](C#N)C[C@@H]1CCCNC1=O)C(F)(F)C2. The summed E-state index contributed by atoms with van der Waals surface area (Å²) in [5.74, 6) is -10.6. The van der Waals surface area contributed by atoms with Gasteiger partial charge >= 0.3 is 12.1 Å². The average Bonchev–Trinajstić information content (AvgIpc) is 2.82. The molecule has 4 fully saturated rings. The number of carbonyl (C=O) groups excluding carboxylic acids is 4. The molecule has 1 aliphatic carbocycles. The van der Waals surface area contributed by atoms with E-state index in [-0.39, 0.29) is 37.5 Å². The lowest BCUT2D eigenvalue weighted by molar-refractivity contribution is -0.196. The fraction of sp³-hybridized carbons (Fsp3) is 0.792. The maximum absolute atomic E-state index is 14.9. The van der Waals surface area contributed by atoms with Crippen LogP contribution in [0.25, 0.3) is 0 Å². The standard InChI is InChI=1S/C24H32F5N5O4/c1-12(2)8-17(33-22(38)24(27,28)29)21(37)34-15-5-6-16(23(25,26)10-15)18(34)20(36)32-14(11-30)9-13-4-3-7-31-19(13)35/h12-18H,3-10H2,1-2H3,(H,31,35)(H,32,36)(H,33,38)/t13-,14-,15-,16-,17-,18+/m0/s1. The van der Waals surface area contributed by atoms with E-state index in [0.29, 0.717) is 19.4 Å². The van der Waals surface area contributed by atoms with Crippen molar-refractivity contribution < 1.29 is 41.1 Å². The molecule has 0 aromatic rings. The molecule has 4 aliphatic rings. The second-order valence-corrected chi connectivity index (χ2v) is 10.7. The largest absolute Gasteiger partial charge is 0.471 e. The fourth-order valence-corrected chi connectivity index (χ4v) is 5.68. The van der Waals surface area contributed by atoms with Gasteiger partial charge in [-0.15, -0.1) is 0 Å². The normalized spacial score (nSPS) is 28.2. The predicted octanol–water partition coefficient (Wildman–Crippen LogP) is 2.02. The molecule has 2 bridgehead atoms. The van der Waals surface area contributed by atoms with Crippen LogP contribution in [0.3, 0.4) is 0 Å². The number of alkyl halides is 5. The van der Waals surface area contributed by atoms with Crippen LogP contribution < -0.4 is 16.0 Å². The van der Waals surface area contributed by atoms with E-state index in [1.807, 2.05) is 6.07 Å². The van der Waals surface area contributed by atoms with E-state index in [1.54, 1.807) is 19.2 Å². The third-order valence-electron chi connectivity index (χ3n) is 7.42. The van der Waals surface area contributed by atoms with Gasteiger partial charge in [0.25, 0.3) is 5.92 Å². The Kier molecular flexibility index (Phi) is 8.88. The molecular formula is C24H32F5N5O4. The van der Waals surface area contributed by atoms with Crippen molar-refractivity contribution in [2.24, 2.45) is 17.8 Å². The molecule has 0 radical (unpaired) electrons. The van der Waals surface area contributed by atoms with E-state index in [1.165, 1.54) is 0 Å². The summed E-state index contributed by atoms with van der Waals surface area (Å²) in [6.07, 6.45) is -5.15. The van der Waals surface area contributed by atoms with Gasteiger partial charge in [-0.1, -0.05) is 13.8 Å². The number of carbonyl (C=O) groups is 4. The van der Waals surface area contributed by atoms with E-state index < -0.39 is 72.2 Å². The van der Waals surface area contributed by atoms with Gasteiger partial charge in [0.15, 0.2) is 0 Å². The topological polar surface area (TPSA) is 131 Å². The van der Waals surface area contributed by atoms with Crippen molar-refractivity contribution in [1.29, 1.82) is 5.26 Å². The van der Waals surface area contributed by atoms with Crippen LogP contribution in [0.4, 0.5) is 22.0 Å². The zero-order chi connectivity index (χ0) is 28.4. The second kappa shape index (κ2) is 11.4. The number of hydrogen-bond donors (Lipinski definition) is 3. The molecular weight excluding hydrogens is 517 g/mol. The Morgan fingerprint density at radius 3 is 2.42 bits per heavy atom. The predicted molar refractivity (Wildman–Crippen MR) is 122 cm³/mol. The highest BCUT2D eigenvalue weighted by Gasteiger charge is 2.61. The van der Waals surface area contributed by atoms with Gasteiger partial charge in [0.05, 0.1) is 12.0 Å². The van der Waals surface area contributed by atoms with Crippen LogP contribution in [0.5, 0.6) is 0 Å². The van der Waals surface area contributed by atoms with E-state index in [2.05, 4.69) is 10.6 Å². The van der Waals surface area contributed by atoms with Gasteiger partial charge in [0, 0.05) is 24.9 Å². The highest BCUT2D eigenvalue weighted by Crippen LogP contribution is 2.49. The third kappa shape index (κ3) is 6.53. The minimum Gasteiger partial charge on any atom is -0.356 e. The number of fused-ring (bicyclic) bond motifs is 3. The number of halogens is 5. The Morgan fingerprint density at radius 1 is 1.18 bits per heavy atom. The number of nitriles is 1. The second-order valence-electron chi connectivity index (χ2n) is 10.7. The van der Waals surface area contributed by atoms with Crippen molar-refractivity contribution in [1.82, 2.24) is 20.9 Å². The molecule has 212 valence electrons. The molecule has 38 heavy (non-hydrogen) atoms. The maximum Gasteiger partial charge on any atom is 0.471 e. The van der Waals surface area contributed by atoms with Crippen LogP contribution in [0.1, 0.15) is 58.8 Å². The molecule has 6 atom stereocenters. The zero-order valence-corrected chi connectivity index (χ0v) is 21.1. The monoisotopic (exact) mass is 549 g/mol. The summed E-state index contributed by atoms with van der Waals surface area (Å²) in [4.78, 5) is 51.5. The molecule has 3 N–H and O–H groups in total. The molecule has 4 amide bonds. The maximum atomic E-state index is 14.9. The Bertz CT molecular complexity index is 982. The van der Waals surface area contributed by atoms with Crippen molar-refractivity contribution in [2.75, 3.05) is 6.54 Å². The summed E-state index contributed by atoms with van der Waals surface area (Å²) >= 11 is 0.